The molecule has 0 radical (unpaired) electrons. The minimum absolute atomic E-state index is 0.0234. The summed E-state index contributed by atoms with van der Waals surface area (Å²) in [5.41, 5.74) is 5.90. The monoisotopic (exact) mass is 657 g/mol. The molecule has 0 aliphatic heterocycles. The predicted octanol–water partition coefficient (Wildman–Crippen LogP) is 7.48. The van der Waals surface area contributed by atoms with Crippen LogP contribution in [0.15, 0.2) is 127 Å². The van der Waals surface area contributed by atoms with E-state index in [9.17, 15) is 9.59 Å². The van der Waals surface area contributed by atoms with Gasteiger partial charge in [0.25, 0.3) is 0 Å². The van der Waals surface area contributed by atoms with E-state index >= 15 is 0 Å². The lowest BCUT2D eigenvalue weighted by atomic mass is 9.80. The Bertz CT molecular complexity index is 1780. The number of rotatable bonds is 13. The van der Waals surface area contributed by atoms with Gasteiger partial charge in [0.05, 0.1) is 26.9 Å². The summed E-state index contributed by atoms with van der Waals surface area (Å²) in [7, 11) is 3.24. The average Bonchev–Trinajstić information content (AvgIpc) is 3.47. The van der Waals surface area contributed by atoms with Gasteiger partial charge in [0.2, 0.25) is 0 Å². The third-order valence-electron chi connectivity index (χ3n) is 8.83. The molecule has 1 atom stereocenters. The first-order chi connectivity index (χ1) is 23.9. The van der Waals surface area contributed by atoms with Gasteiger partial charge in [0.15, 0.2) is 0 Å². The third-order valence-corrected chi connectivity index (χ3v) is 8.83. The van der Waals surface area contributed by atoms with Gasteiger partial charge >= 0.3 is 12.1 Å². The number of ether oxygens (including phenoxy) is 5. The first-order valence-corrected chi connectivity index (χ1v) is 16.2. The van der Waals surface area contributed by atoms with E-state index < -0.39 is 23.7 Å². The van der Waals surface area contributed by atoms with Gasteiger partial charge < -0.3 is 29.0 Å². The van der Waals surface area contributed by atoms with Gasteiger partial charge in [-0.05, 0) is 63.2 Å². The number of benzene rings is 5. The van der Waals surface area contributed by atoms with E-state index in [4.69, 9.17) is 23.7 Å². The maximum Gasteiger partial charge on any atom is 0.407 e. The number of alkyl carbamates (subject to hydrolysis) is 1. The molecule has 0 saturated carbocycles. The van der Waals surface area contributed by atoms with Gasteiger partial charge in [0.1, 0.15) is 30.3 Å². The fourth-order valence-electron chi connectivity index (χ4n) is 6.46. The fourth-order valence-corrected chi connectivity index (χ4v) is 6.46. The number of hydrogen-bond donors (Lipinski definition) is 1. The molecule has 8 nitrogen and oxygen atoms in total. The lowest BCUT2D eigenvalue weighted by molar-refractivity contribution is -0.142. The van der Waals surface area contributed by atoms with Crippen LogP contribution in [0.25, 0.3) is 11.1 Å². The number of amides is 1. The van der Waals surface area contributed by atoms with E-state index in [1.165, 1.54) is 6.92 Å². The predicted molar refractivity (Wildman–Crippen MR) is 187 cm³/mol. The second-order valence-electron chi connectivity index (χ2n) is 11.8. The van der Waals surface area contributed by atoms with E-state index in [0.29, 0.717) is 11.5 Å². The molecule has 0 bridgehead atoms. The highest BCUT2D eigenvalue weighted by molar-refractivity contribution is 5.79. The fraction of sp³-hybridized carbons (Fsp3) is 0.220. The van der Waals surface area contributed by atoms with Gasteiger partial charge in [-0.2, -0.15) is 0 Å². The Kier molecular flexibility index (Phi) is 10.3. The van der Waals surface area contributed by atoms with Crippen molar-refractivity contribution < 1.29 is 33.3 Å². The summed E-state index contributed by atoms with van der Waals surface area (Å²) in [6, 6.07) is 40.8. The first-order valence-electron chi connectivity index (χ1n) is 16.2. The number of esters is 1. The number of methoxy groups -OCH3 is 2. The second-order valence-corrected chi connectivity index (χ2v) is 11.8. The molecule has 49 heavy (non-hydrogen) atoms. The van der Waals surface area contributed by atoms with Crippen LogP contribution in [0.4, 0.5) is 4.79 Å². The van der Waals surface area contributed by atoms with Crippen LogP contribution in [0, 0.1) is 0 Å². The summed E-state index contributed by atoms with van der Waals surface area (Å²) < 4.78 is 29.1. The van der Waals surface area contributed by atoms with Crippen molar-refractivity contribution in [3.05, 3.63) is 155 Å². The van der Waals surface area contributed by atoms with Crippen LogP contribution in [0.3, 0.4) is 0 Å². The Hall–Kier alpha value is -5.60. The first kappa shape index (κ1) is 33.3. The Morgan fingerprint density at radius 2 is 1.12 bits per heavy atom. The van der Waals surface area contributed by atoms with Crippen LogP contribution in [0.2, 0.25) is 0 Å². The summed E-state index contributed by atoms with van der Waals surface area (Å²) >= 11 is 0. The highest BCUT2D eigenvalue weighted by atomic mass is 16.6. The zero-order valence-corrected chi connectivity index (χ0v) is 27.8. The molecule has 5 aromatic carbocycles. The molecular weight excluding hydrogens is 618 g/mol. The van der Waals surface area contributed by atoms with Gasteiger partial charge in [-0.25, -0.2) is 4.79 Å². The molecular formula is C41H39NO7. The Morgan fingerprint density at radius 1 is 0.633 bits per heavy atom. The molecule has 0 heterocycles. The van der Waals surface area contributed by atoms with Crippen LogP contribution in [0.1, 0.15) is 40.7 Å². The molecule has 0 aromatic heterocycles. The van der Waals surface area contributed by atoms with Crippen LogP contribution in [0.5, 0.6) is 11.5 Å². The normalized spacial score (nSPS) is 12.7. The maximum absolute atomic E-state index is 13.4. The molecule has 250 valence electrons. The summed E-state index contributed by atoms with van der Waals surface area (Å²) in [5, 5.41) is 2.90. The molecule has 6 rings (SSSR count). The largest absolute Gasteiger partial charge is 0.497 e. The van der Waals surface area contributed by atoms with Gasteiger partial charge in [-0.3, -0.25) is 4.79 Å². The SMILES string of the molecule is COc1ccc(C(OC[C@@H](COC(C)=O)NC(=O)OCC2c3ccccc3-c3ccccc32)(c2ccccc2)c2ccc(OC)cc2)cc1. The zero-order valence-electron chi connectivity index (χ0n) is 27.8. The van der Waals surface area contributed by atoms with Crippen LogP contribution in [-0.2, 0) is 24.6 Å². The van der Waals surface area contributed by atoms with Crippen molar-refractivity contribution in [3.8, 4) is 22.6 Å². The summed E-state index contributed by atoms with van der Waals surface area (Å²) in [6.07, 6.45) is -0.637. The third kappa shape index (κ3) is 7.15. The van der Waals surface area contributed by atoms with Crippen LogP contribution < -0.4 is 14.8 Å². The maximum atomic E-state index is 13.4. The quantitative estimate of drug-likeness (QED) is 0.104. The molecule has 1 amide bonds. The number of carbonyl (C=O) groups excluding carboxylic acids is 2. The van der Waals surface area contributed by atoms with Crippen molar-refractivity contribution in [2.75, 3.05) is 34.0 Å². The Balaban J connectivity index is 1.28. The molecule has 0 unspecified atom stereocenters. The van der Waals surface area contributed by atoms with E-state index in [-0.39, 0.29) is 25.7 Å². The highest BCUT2D eigenvalue weighted by Gasteiger charge is 2.39. The van der Waals surface area contributed by atoms with Crippen molar-refractivity contribution in [2.45, 2.75) is 24.5 Å². The molecule has 8 heteroatoms. The summed E-state index contributed by atoms with van der Waals surface area (Å²) in [4.78, 5) is 25.3. The van der Waals surface area contributed by atoms with Crippen molar-refractivity contribution >= 4 is 12.1 Å². The van der Waals surface area contributed by atoms with Crippen molar-refractivity contribution in [1.29, 1.82) is 0 Å². The zero-order chi connectivity index (χ0) is 34.2. The van der Waals surface area contributed by atoms with Crippen molar-refractivity contribution in [2.24, 2.45) is 0 Å². The van der Waals surface area contributed by atoms with E-state index in [2.05, 4.69) is 29.6 Å². The van der Waals surface area contributed by atoms with Crippen molar-refractivity contribution in [1.82, 2.24) is 5.32 Å². The van der Waals surface area contributed by atoms with Crippen LogP contribution in [-0.4, -0.2) is 52.1 Å². The standard InChI is InChI=1S/C41H39NO7/c1-28(43)47-25-32(42-40(44)48-27-39-37-15-9-7-13-35(37)36-14-8-10-16-38(36)39)26-49-41(29-11-5-4-6-12-29,30-17-21-33(45-2)22-18-30)31-19-23-34(46-3)24-20-31/h4-24,32,39H,25-27H2,1-3H3,(H,42,44)/t32-/m1/s1. The number of nitrogens with one attached hydrogen (secondary N) is 1. The minimum Gasteiger partial charge on any atom is -0.497 e. The van der Waals surface area contributed by atoms with Gasteiger partial charge in [-0.1, -0.05) is 103 Å². The van der Waals surface area contributed by atoms with Gasteiger partial charge in [-0.15, -0.1) is 0 Å². The topological polar surface area (TPSA) is 92.3 Å². The Labute approximate surface area is 286 Å². The molecule has 1 aliphatic rings. The van der Waals surface area contributed by atoms with Crippen LogP contribution >= 0.6 is 0 Å². The lowest BCUT2D eigenvalue weighted by Crippen LogP contribution is -2.45. The molecule has 0 spiro atoms. The average molecular weight is 658 g/mol. The summed E-state index contributed by atoms with van der Waals surface area (Å²) in [5.74, 6) is 0.825. The molecule has 0 fully saturated rings. The highest BCUT2D eigenvalue weighted by Crippen LogP contribution is 2.45. The molecule has 1 aliphatic carbocycles. The summed E-state index contributed by atoms with van der Waals surface area (Å²) in [6.45, 7) is 1.33. The number of hydrogen-bond acceptors (Lipinski definition) is 7. The Morgan fingerprint density at radius 3 is 1.63 bits per heavy atom. The smallest absolute Gasteiger partial charge is 0.407 e. The van der Waals surface area contributed by atoms with E-state index in [1.807, 2.05) is 103 Å². The minimum atomic E-state index is -1.13. The number of carbonyl (C=O) groups is 2. The van der Waals surface area contributed by atoms with Gasteiger partial charge in [0, 0.05) is 12.8 Å². The van der Waals surface area contributed by atoms with Crippen molar-refractivity contribution in [3.63, 3.8) is 0 Å². The second kappa shape index (κ2) is 15.1. The van der Waals surface area contributed by atoms with E-state index in [0.717, 1.165) is 38.9 Å². The molecule has 0 saturated heterocycles. The lowest BCUT2D eigenvalue weighted by Gasteiger charge is -2.37. The molecule has 1 N–H and O–H groups in total. The number of fused-ring (bicyclic) bond motifs is 3. The van der Waals surface area contributed by atoms with E-state index in [1.54, 1.807) is 14.2 Å². The molecule has 5 aromatic rings.